The Morgan fingerprint density at radius 3 is 1.23 bits per heavy atom. The van der Waals surface area contributed by atoms with Crippen LogP contribution in [-0.2, 0) is 18.4 Å². The van der Waals surface area contributed by atoms with Crippen molar-refractivity contribution in [3.63, 3.8) is 0 Å². The van der Waals surface area contributed by atoms with E-state index >= 15 is 0 Å². The molecule has 0 radical (unpaired) electrons. The summed E-state index contributed by atoms with van der Waals surface area (Å²) in [5.74, 6) is -0.189. The molecule has 0 saturated heterocycles. The number of aliphatic hydroxyl groups is 1. The molecule has 0 aliphatic rings. The molecule has 0 aliphatic carbocycles. The minimum atomic E-state index is -4.36. The first-order valence-corrected chi connectivity index (χ1v) is 31.5. The number of carbonyl (C=O) groups is 1. The molecule has 0 fully saturated rings. The Bertz CT molecular complexity index is 1280. The van der Waals surface area contributed by atoms with Gasteiger partial charge in [-0.3, -0.25) is 13.8 Å². The normalized spacial score (nSPS) is 14.2. The summed E-state index contributed by atoms with van der Waals surface area (Å²) in [6, 6.07) is -0.868. The minimum Gasteiger partial charge on any atom is -0.387 e. The molecule has 0 rings (SSSR count). The van der Waals surface area contributed by atoms with E-state index in [4.69, 9.17) is 9.05 Å². The van der Waals surface area contributed by atoms with E-state index in [1.165, 1.54) is 218 Å². The molecule has 0 bridgehead atoms. The number of unbranched alkanes of at least 4 members (excludes halogenated alkanes) is 36. The number of phosphoric ester groups is 1. The van der Waals surface area contributed by atoms with Crippen LogP contribution in [0.15, 0.2) is 48.6 Å². The zero-order chi connectivity index (χ0) is 51.3. The predicted octanol–water partition coefficient (Wildman–Crippen LogP) is 18.3. The summed E-state index contributed by atoms with van der Waals surface area (Å²) in [6.45, 7) is 4.82. The summed E-state index contributed by atoms with van der Waals surface area (Å²) in [4.78, 5) is 23.3. The van der Waals surface area contributed by atoms with Crippen LogP contribution in [0.2, 0.25) is 0 Å². The second kappa shape index (κ2) is 52.3. The average molecular weight is 1010 g/mol. The largest absolute Gasteiger partial charge is 0.472 e. The van der Waals surface area contributed by atoms with Crippen molar-refractivity contribution in [1.82, 2.24) is 5.32 Å². The monoisotopic (exact) mass is 1010 g/mol. The van der Waals surface area contributed by atoms with Crippen molar-refractivity contribution in [2.75, 3.05) is 40.9 Å². The fourth-order valence-corrected chi connectivity index (χ4v) is 9.53. The fourth-order valence-electron chi connectivity index (χ4n) is 8.80. The van der Waals surface area contributed by atoms with Crippen molar-refractivity contribution in [1.29, 1.82) is 0 Å². The molecule has 412 valence electrons. The SMILES string of the molecule is CCCCCCCCCCC/C=C\C/C=C\CCCCCCCCCCCC(=O)NC(COP(=O)(O)OCC[N+](C)(C)C)C(O)/C=C/CC/C=C/CCCCCCCCCCCCCCCCCCC. The summed E-state index contributed by atoms with van der Waals surface area (Å²) < 4.78 is 23.7. The van der Waals surface area contributed by atoms with E-state index in [2.05, 4.69) is 55.6 Å². The first-order chi connectivity index (χ1) is 34.0. The third-order valence-electron chi connectivity index (χ3n) is 13.5. The molecular weight excluding hydrogens is 888 g/mol. The Hall–Kier alpha value is -1.54. The van der Waals surface area contributed by atoms with Crippen molar-refractivity contribution in [3.8, 4) is 0 Å². The lowest BCUT2D eigenvalue weighted by atomic mass is 10.0. The lowest BCUT2D eigenvalue weighted by Gasteiger charge is -2.25. The first kappa shape index (κ1) is 68.5. The quantitative estimate of drug-likeness (QED) is 0.0243. The molecule has 0 aliphatic heterocycles. The molecule has 0 spiro atoms. The predicted molar refractivity (Wildman–Crippen MR) is 304 cm³/mol. The van der Waals surface area contributed by atoms with Gasteiger partial charge in [0.25, 0.3) is 0 Å². The van der Waals surface area contributed by atoms with Gasteiger partial charge in [0, 0.05) is 6.42 Å². The van der Waals surface area contributed by atoms with Crippen LogP contribution in [0.4, 0.5) is 0 Å². The van der Waals surface area contributed by atoms with Gasteiger partial charge < -0.3 is 19.8 Å². The van der Waals surface area contributed by atoms with Gasteiger partial charge in [-0.1, -0.05) is 262 Å². The lowest BCUT2D eigenvalue weighted by Crippen LogP contribution is -2.45. The van der Waals surface area contributed by atoms with Crippen LogP contribution in [0.25, 0.3) is 0 Å². The number of amides is 1. The third kappa shape index (κ3) is 54.2. The highest BCUT2D eigenvalue weighted by Gasteiger charge is 2.27. The Labute approximate surface area is 435 Å². The van der Waals surface area contributed by atoms with Crippen LogP contribution in [0.1, 0.15) is 284 Å². The van der Waals surface area contributed by atoms with E-state index in [0.717, 1.165) is 44.9 Å². The highest BCUT2D eigenvalue weighted by molar-refractivity contribution is 7.47. The number of allylic oxidation sites excluding steroid dienone is 7. The molecule has 0 heterocycles. The van der Waals surface area contributed by atoms with E-state index < -0.39 is 20.0 Å². The number of phosphoric acid groups is 1. The number of quaternary nitrogens is 1. The number of likely N-dealkylation sites (N-methyl/N-ethyl adjacent to an activating group) is 1. The highest BCUT2D eigenvalue weighted by Crippen LogP contribution is 2.43. The summed E-state index contributed by atoms with van der Waals surface area (Å²) in [7, 11) is 1.56. The number of carbonyl (C=O) groups excluding carboxylic acids is 1. The molecule has 3 atom stereocenters. The molecule has 0 aromatic heterocycles. The number of nitrogens with one attached hydrogen (secondary N) is 1. The number of hydrogen-bond donors (Lipinski definition) is 3. The maximum absolute atomic E-state index is 13.0. The van der Waals surface area contributed by atoms with Crippen LogP contribution in [0.5, 0.6) is 0 Å². The van der Waals surface area contributed by atoms with Gasteiger partial charge in [-0.05, 0) is 64.2 Å². The summed E-state index contributed by atoms with van der Waals surface area (Å²) >= 11 is 0. The van der Waals surface area contributed by atoms with Crippen molar-refractivity contribution >= 4 is 13.7 Å². The van der Waals surface area contributed by atoms with Crippen LogP contribution in [0, 0.1) is 0 Å². The molecule has 3 unspecified atom stereocenters. The molecule has 70 heavy (non-hydrogen) atoms. The average Bonchev–Trinajstić information content (AvgIpc) is 3.32. The Balaban J connectivity index is 4.24. The van der Waals surface area contributed by atoms with Crippen molar-refractivity contribution in [2.24, 2.45) is 0 Å². The van der Waals surface area contributed by atoms with Gasteiger partial charge in [-0.2, -0.15) is 0 Å². The zero-order valence-corrected chi connectivity index (χ0v) is 47.9. The van der Waals surface area contributed by atoms with E-state index in [1.807, 2.05) is 27.2 Å². The maximum Gasteiger partial charge on any atom is 0.472 e. The van der Waals surface area contributed by atoms with Crippen LogP contribution < -0.4 is 5.32 Å². The molecule has 9 heteroatoms. The second-order valence-corrected chi connectivity index (χ2v) is 23.2. The second-order valence-electron chi connectivity index (χ2n) is 21.7. The molecule has 8 nitrogen and oxygen atoms in total. The van der Waals surface area contributed by atoms with Crippen LogP contribution in [-0.4, -0.2) is 73.4 Å². The van der Waals surface area contributed by atoms with Crippen LogP contribution in [0.3, 0.4) is 0 Å². The van der Waals surface area contributed by atoms with Gasteiger partial charge in [0.15, 0.2) is 0 Å². The van der Waals surface area contributed by atoms with Gasteiger partial charge in [-0.25, -0.2) is 4.57 Å². The van der Waals surface area contributed by atoms with E-state index in [1.54, 1.807) is 6.08 Å². The number of aliphatic hydroxyl groups excluding tert-OH is 1. The number of rotatable bonds is 55. The summed E-state index contributed by atoms with van der Waals surface area (Å²) in [6.07, 6.45) is 69.4. The Morgan fingerprint density at radius 2 is 0.829 bits per heavy atom. The van der Waals surface area contributed by atoms with Gasteiger partial charge in [0.2, 0.25) is 5.91 Å². The van der Waals surface area contributed by atoms with Gasteiger partial charge in [0.1, 0.15) is 13.2 Å². The van der Waals surface area contributed by atoms with Crippen molar-refractivity contribution in [3.05, 3.63) is 48.6 Å². The first-order valence-electron chi connectivity index (χ1n) is 30.0. The number of hydrogen-bond acceptors (Lipinski definition) is 5. The van der Waals surface area contributed by atoms with E-state index in [0.29, 0.717) is 17.4 Å². The van der Waals surface area contributed by atoms with E-state index in [9.17, 15) is 19.4 Å². The topological polar surface area (TPSA) is 105 Å². The summed E-state index contributed by atoms with van der Waals surface area (Å²) in [5, 5.41) is 13.9. The molecule has 0 aromatic carbocycles. The smallest absolute Gasteiger partial charge is 0.387 e. The van der Waals surface area contributed by atoms with Crippen molar-refractivity contribution in [2.45, 2.75) is 296 Å². The van der Waals surface area contributed by atoms with Gasteiger partial charge in [-0.15, -0.1) is 0 Å². The van der Waals surface area contributed by atoms with Gasteiger partial charge in [0.05, 0.1) is 39.9 Å². The maximum atomic E-state index is 13.0. The van der Waals surface area contributed by atoms with Crippen molar-refractivity contribution < 1.29 is 32.9 Å². The van der Waals surface area contributed by atoms with Gasteiger partial charge >= 0.3 is 7.82 Å². The molecule has 3 N–H and O–H groups in total. The Kier molecular flexibility index (Phi) is 51.2. The Morgan fingerprint density at radius 1 is 0.486 bits per heavy atom. The highest BCUT2D eigenvalue weighted by atomic mass is 31.2. The van der Waals surface area contributed by atoms with E-state index in [-0.39, 0.29) is 19.1 Å². The minimum absolute atomic E-state index is 0.0547. The zero-order valence-electron chi connectivity index (χ0n) is 47.0. The standard InChI is InChI=1S/C61H117N2O6P/c1-6-8-10-12-14-16-18-20-22-24-26-28-30-31-33-35-37-39-41-43-45-47-49-51-53-55-61(65)62-59(58-69-70(66,67)68-57-56-63(3,4)5)60(64)54-52-50-48-46-44-42-40-38-36-34-32-29-27-25-23-21-19-17-15-13-11-9-7-2/h26,28,31,33,44,46,52,54,59-60,64H,6-25,27,29-30,32,34-43,45,47-51,53,55-58H2,1-5H3,(H-,62,65,66,67)/p+1/b28-26-,33-31-,46-44+,54-52+. The summed E-state index contributed by atoms with van der Waals surface area (Å²) in [5.41, 5.74) is 0. The molecular formula is C61H118N2O6P+. The lowest BCUT2D eigenvalue weighted by molar-refractivity contribution is -0.870. The molecule has 0 aromatic rings. The molecule has 0 saturated carbocycles. The third-order valence-corrected chi connectivity index (χ3v) is 14.5. The fraction of sp³-hybridized carbons (Fsp3) is 0.852. The molecule has 1 amide bonds. The van der Waals surface area contributed by atoms with Crippen LogP contribution >= 0.6 is 7.82 Å². The number of nitrogens with zero attached hydrogens (tertiary/aromatic N) is 1.